The maximum atomic E-state index is 4.28. The van der Waals surface area contributed by atoms with E-state index in [0.29, 0.717) is 15.0 Å². The van der Waals surface area contributed by atoms with E-state index in [2.05, 4.69) is 16.0 Å². The van der Waals surface area contributed by atoms with Crippen molar-refractivity contribution in [1.29, 1.82) is 0 Å². The second kappa shape index (κ2) is 4.17. The summed E-state index contributed by atoms with van der Waals surface area (Å²) in [6, 6.07) is 10.1. The zero-order chi connectivity index (χ0) is 8.93. The summed E-state index contributed by atoms with van der Waals surface area (Å²) in [5, 5.41) is 0. The zero-order valence-corrected chi connectivity index (χ0v) is 8.63. The molecule has 0 amide bonds. The predicted octanol–water partition coefficient (Wildman–Crippen LogP) is 0.132. The molecule has 64 valence electrons. The first-order chi connectivity index (χ1) is 6.45. The van der Waals surface area contributed by atoms with Gasteiger partial charge in [0.15, 0.2) is 0 Å². The molecule has 13 heavy (non-hydrogen) atoms. The average Bonchev–Trinajstić information content (AvgIpc) is 2.21. The third-order valence-electron chi connectivity index (χ3n) is 1.51. The van der Waals surface area contributed by atoms with E-state index in [0.717, 1.165) is 4.59 Å². The molecule has 0 fully saturated rings. The van der Waals surface area contributed by atoms with Crippen LogP contribution in [0.5, 0.6) is 0 Å². The summed E-state index contributed by atoms with van der Waals surface area (Å²) in [4.78, 5) is 8.26. The van der Waals surface area contributed by atoms with Gasteiger partial charge in [0.1, 0.15) is 0 Å². The molecular weight excluding hydrogens is 227 g/mol. The molecule has 0 aliphatic heterocycles. The summed E-state index contributed by atoms with van der Waals surface area (Å²) >= 11 is 0.310. The third kappa shape index (κ3) is 2.38. The van der Waals surface area contributed by atoms with Gasteiger partial charge in [-0.2, -0.15) is 0 Å². The molecule has 0 aliphatic carbocycles. The van der Waals surface area contributed by atoms with Crippen molar-refractivity contribution < 1.29 is 0 Å². The van der Waals surface area contributed by atoms with Crippen LogP contribution in [0.4, 0.5) is 0 Å². The number of hydrogen-bond acceptors (Lipinski definition) is 2. The van der Waals surface area contributed by atoms with Gasteiger partial charge in [0.2, 0.25) is 0 Å². The SMILES string of the molecule is c1ccc([Se]c2ccncc2)nc1. The summed E-state index contributed by atoms with van der Waals surface area (Å²) in [5.41, 5.74) is 0. The molecule has 0 radical (unpaired) electrons. The fraction of sp³-hybridized carbons (Fsp3) is 0. The minimum atomic E-state index is 0.310. The molecule has 0 bridgehead atoms. The monoisotopic (exact) mass is 236 g/mol. The van der Waals surface area contributed by atoms with Crippen LogP contribution in [0.3, 0.4) is 0 Å². The molecule has 0 atom stereocenters. The molecule has 0 saturated carbocycles. The Morgan fingerprint density at radius 3 is 2.46 bits per heavy atom. The predicted molar refractivity (Wildman–Crippen MR) is 53.5 cm³/mol. The Morgan fingerprint density at radius 1 is 0.923 bits per heavy atom. The van der Waals surface area contributed by atoms with E-state index >= 15 is 0 Å². The van der Waals surface area contributed by atoms with Crippen LogP contribution >= 0.6 is 0 Å². The van der Waals surface area contributed by atoms with Gasteiger partial charge in [-0.1, -0.05) is 0 Å². The number of hydrogen-bond donors (Lipinski definition) is 0. The summed E-state index contributed by atoms with van der Waals surface area (Å²) in [6.45, 7) is 0. The Hall–Kier alpha value is -1.18. The molecule has 0 saturated heterocycles. The van der Waals surface area contributed by atoms with Gasteiger partial charge in [-0.25, -0.2) is 0 Å². The van der Waals surface area contributed by atoms with Crippen molar-refractivity contribution in [3.8, 4) is 0 Å². The third-order valence-corrected chi connectivity index (χ3v) is 3.52. The molecule has 0 unspecified atom stereocenters. The first-order valence-electron chi connectivity index (χ1n) is 3.94. The van der Waals surface area contributed by atoms with Crippen LogP contribution in [0.25, 0.3) is 0 Å². The van der Waals surface area contributed by atoms with E-state index in [9.17, 15) is 0 Å². The van der Waals surface area contributed by atoms with Crippen molar-refractivity contribution in [3.63, 3.8) is 0 Å². The molecule has 0 N–H and O–H groups in total. The van der Waals surface area contributed by atoms with Crippen LogP contribution in [-0.2, 0) is 0 Å². The topological polar surface area (TPSA) is 25.8 Å². The van der Waals surface area contributed by atoms with Crippen LogP contribution in [0, 0.1) is 0 Å². The van der Waals surface area contributed by atoms with Crippen molar-refractivity contribution in [2.75, 3.05) is 0 Å². The van der Waals surface area contributed by atoms with Crippen LogP contribution in [0.2, 0.25) is 0 Å². The second-order valence-corrected chi connectivity index (χ2v) is 4.75. The van der Waals surface area contributed by atoms with Crippen molar-refractivity contribution in [2.24, 2.45) is 0 Å². The van der Waals surface area contributed by atoms with Crippen LogP contribution in [-0.4, -0.2) is 24.9 Å². The Labute approximate surface area is 83.2 Å². The Morgan fingerprint density at radius 2 is 1.77 bits per heavy atom. The quantitative estimate of drug-likeness (QED) is 0.691. The van der Waals surface area contributed by atoms with Crippen molar-refractivity contribution in [3.05, 3.63) is 48.9 Å². The number of pyridine rings is 2. The number of nitrogens with zero attached hydrogens (tertiary/aromatic N) is 2. The zero-order valence-electron chi connectivity index (χ0n) is 6.92. The van der Waals surface area contributed by atoms with Crippen molar-refractivity contribution in [2.45, 2.75) is 0 Å². The Balaban J connectivity index is 2.16. The van der Waals surface area contributed by atoms with E-state index in [-0.39, 0.29) is 0 Å². The molecule has 0 spiro atoms. The molecule has 2 nitrogen and oxygen atoms in total. The molecule has 0 aromatic carbocycles. The molecule has 2 heterocycles. The van der Waals surface area contributed by atoms with Gasteiger partial charge < -0.3 is 0 Å². The van der Waals surface area contributed by atoms with Gasteiger partial charge in [0, 0.05) is 0 Å². The summed E-state index contributed by atoms with van der Waals surface area (Å²) in [6.07, 6.45) is 5.47. The first-order valence-corrected chi connectivity index (χ1v) is 5.65. The Kier molecular flexibility index (Phi) is 2.70. The van der Waals surface area contributed by atoms with Crippen LogP contribution in [0.15, 0.2) is 48.9 Å². The van der Waals surface area contributed by atoms with Gasteiger partial charge >= 0.3 is 82.9 Å². The van der Waals surface area contributed by atoms with Crippen LogP contribution in [0.1, 0.15) is 0 Å². The molecule has 2 aromatic heterocycles. The standard InChI is InChI=1S/C10H8N2Se/c1-2-6-12-10(3-1)13-9-4-7-11-8-5-9/h1-8H. The second-order valence-electron chi connectivity index (χ2n) is 2.45. The van der Waals surface area contributed by atoms with Crippen LogP contribution < -0.4 is 9.05 Å². The van der Waals surface area contributed by atoms with E-state index in [1.165, 1.54) is 4.46 Å². The van der Waals surface area contributed by atoms with Crippen molar-refractivity contribution >= 4 is 24.0 Å². The molecule has 3 heteroatoms. The van der Waals surface area contributed by atoms with Gasteiger partial charge in [-0.15, -0.1) is 0 Å². The van der Waals surface area contributed by atoms with E-state index in [1.807, 2.05) is 42.9 Å². The normalized spacial score (nSPS) is 9.85. The average molecular weight is 235 g/mol. The number of rotatable bonds is 2. The maximum absolute atomic E-state index is 4.28. The molecular formula is C10H8N2Se. The summed E-state index contributed by atoms with van der Waals surface area (Å²) in [5.74, 6) is 0. The van der Waals surface area contributed by atoms with E-state index in [4.69, 9.17) is 0 Å². The Bertz CT molecular complexity index is 324. The van der Waals surface area contributed by atoms with Gasteiger partial charge in [-0.3, -0.25) is 0 Å². The van der Waals surface area contributed by atoms with Crippen molar-refractivity contribution in [1.82, 2.24) is 9.97 Å². The minimum absolute atomic E-state index is 0.310. The summed E-state index contributed by atoms with van der Waals surface area (Å²) < 4.78 is 2.46. The van der Waals surface area contributed by atoms with Gasteiger partial charge in [0.25, 0.3) is 0 Å². The molecule has 2 rings (SSSR count). The molecule has 2 aromatic rings. The fourth-order valence-electron chi connectivity index (χ4n) is 0.934. The fourth-order valence-corrected chi connectivity index (χ4v) is 2.53. The van der Waals surface area contributed by atoms with E-state index < -0.39 is 0 Å². The van der Waals surface area contributed by atoms with E-state index in [1.54, 1.807) is 0 Å². The first kappa shape index (κ1) is 8.42. The van der Waals surface area contributed by atoms with Gasteiger partial charge in [0.05, 0.1) is 0 Å². The molecule has 0 aliphatic rings. The summed E-state index contributed by atoms with van der Waals surface area (Å²) in [7, 11) is 0. The number of aromatic nitrogens is 2. The van der Waals surface area contributed by atoms with Gasteiger partial charge in [-0.05, 0) is 0 Å².